The number of nitrogens with zero attached hydrogens (tertiary/aromatic N) is 1. The molecule has 0 aliphatic heterocycles. The fraction of sp³-hybridized carbons (Fsp3) is 0.316. The van der Waals surface area contributed by atoms with E-state index in [1.54, 1.807) is 6.92 Å². The molecule has 28 heavy (non-hydrogen) atoms. The number of rotatable bonds is 6. The number of benzene rings is 1. The van der Waals surface area contributed by atoms with Crippen LogP contribution in [0.25, 0.3) is 5.57 Å². The number of imidazole rings is 1. The molecule has 5 nitrogen and oxygen atoms in total. The third-order valence-electron chi connectivity index (χ3n) is 4.46. The number of carbonyl (C=O) groups excluding carboxylic acids is 1. The van der Waals surface area contributed by atoms with Crippen LogP contribution < -0.4 is 5.32 Å². The van der Waals surface area contributed by atoms with E-state index < -0.39 is 29.9 Å². The molecule has 0 spiro atoms. The van der Waals surface area contributed by atoms with Crippen molar-refractivity contribution in [2.75, 3.05) is 0 Å². The van der Waals surface area contributed by atoms with Crippen molar-refractivity contribution in [1.82, 2.24) is 15.3 Å². The van der Waals surface area contributed by atoms with Gasteiger partial charge in [-0.05, 0) is 67.2 Å². The summed E-state index contributed by atoms with van der Waals surface area (Å²) in [6.45, 7) is 1.66. The minimum absolute atomic E-state index is 0.115. The minimum atomic E-state index is -4.51. The molecule has 0 radical (unpaired) electrons. The van der Waals surface area contributed by atoms with Crippen molar-refractivity contribution in [3.63, 3.8) is 0 Å². The Morgan fingerprint density at radius 1 is 1.32 bits per heavy atom. The maximum atomic E-state index is 13.0. The van der Waals surface area contributed by atoms with Gasteiger partial charge in [0.05, 0.1) is 17.6 Å². The third-order valence-corrected chi connectivity index (χ3v) is 4.46. The topological polar surface area (TPSA) is 81.6 Å². The Morgan fingerprint density at radius 3 is 2.54 bits per heavy atom. The molecule has 1 aromatic heterocycles. The standard InChI is InChI=1S/C19H18F4N4O/c1-10(8-14(24)11-4-6-13(20)7-5-11)15-9-25-17(26-15)18(28)27-16(12-2-3-12)19(21,22)23/h4-9,12,16,24H,2-3H2,1H3,(H,25,26)(H,27,28)/b10-8-,24-14?. The summed E-state index contributed by atoms with van der Waals surface area (Å²) < 4.78 is 52.1. The predicted molar refractivity (Wildman–Crippen MR) is 95.5 cm³/mol. The van der Waals surface area contributed by atoms with E-state index in [4.69, 9.17) is 5.41 Å². The predicted octanol–water partition coefficient (Wildman–Crippen LogP) is 4.09. The Morgan fingerprint density at radius 2 is 1.96 bits per heavy atom. The fourth-order valence-electron chi connectivity index (χ4n) is 2.75. The highest BCUT2D eigenvalue weighted by molar-refractivity contribution is 6.10. The first kappa shape index (κ1) is 19.8. The highest BCUT2D eigenvalue weighted by atomic mass is 19.4. The second-order valence-electron chi connectivity index (χ2n) is 6.72. The molecular formula is C19H18F4N4O. The van der Waals surface area contributed by atoms with Crippen LogP contribution in [0.1, 0.15) is 41.6 Å². The highest BCUT2D eigenvalue weighted by Crippen LogP contribution is 2.40. The van der Waals surface area contributed by atoms with Gasteiger partial charge in [-0.3, -0.25) is 4.79 Å². The molecule has 1 atom stereocenters. The molecule has 1 fully saturated rings. The van der Waals surface area contributed by atoms with Gasteiger partial charge in [-0.2, -0.15) is 13.2 Å². The maximum Gasteiger partial charge on any atom is 0.408 e. The van der Waals surface area contributed by atoms with E-state index in [0.717, 1.165) is 0 Å². The van der Waals surface area contributed by atoms with Crippen LogP contribution in [-0.2, 0) is 0 Å². The summed E-state index contributed by atoms with van der Waals surface area (Å²) in [5, 5.41) is 10.1. The molecule has 1 aliphatic rings. The van der Waals surface area contributed by atoms with Crippen molar-refractivity contribution in [2.24, 2.45) is 5.92 Å². The number of alkyl halides is 3. The zero-order valence-corrected chi connectivity index (χ0v) is 14.9. The second kappa shape index (κ2) is 7.57. The van der Waals surface area contributed by atoms with Crippen molar-refractivity contribution < 1.29 is 22.4 Å². The van der Waals surface area contributed by atoms with Gasteiger partial charge in [-0.15, -0.1) is 0 Å². The number of hydrogen-bond acceptors (Lipinski definition) is 3. The second-order valence-corrected chi connectivity index (χ2v) is 6.72. The van der Waals surface area contributed by atoms with E-state index in [2.05, 4.69) is 9.97 Å². The van der Waals surface area contributed by atoms with Crippen molar-refractivity contribution in [2.45, 2.75) is 32.0 Å². The highest BCUT2D eigenvalue weighted by Gasteiger charge is 2.49. The zero-order chi connectivity index (χ0) is 20.5. The van der Waals surface area contributed by atoms with Gasteiger partial charge in [0.2, 0.25) is 0 Å². The van der Waals surface area contributed by atoms with Crippen molar-refractivity contribution in [1.29, 1.82) is 5.41 Å². The Labute approximate surface area is 158 Å². The lowest BCUT2D eigenvalue weighted by molar-refractivity contribution is -0.158. The summed E-state index contributed by atoms with van der Waals surface area (Å²) in [6.07, 6.45) is -0.835. The molecule has 1 saturated carbocycles. The van der Waals surface area contributed by atoms with E-state index in [1.807, 2.05) is 5.32 Å². The largest absolute Gasteiger partial charge is 0.408 e. The Balaban J connectivity index is 1.71. The summed E-state index contributed by atoms with van der Waals surface area (Å²) in [7, 11) is 0. The maximum absolute atomic E-state index is 13.0. The van der Waals surface area contributed by atoms with Gasteiger partial charge in [0.25, 0.3) is 5.91 Å². The van der Waals surface area contributed by atoms with Gasteiger partial charge < -0.3 is 15.7 Å². The van der Waals surface area contributed by atoms with Gasteiger partial charge in [0.15, 0.2) is 5.82 Å². The minimum Gasteiger partial charge on any atom is -0.337 e. The lowest BCUT2D eigenvalue weighted by atomic mass is 10.1. The molecule has 9 heteroatoms. The number of amides is 1. The zero-order valence-electron chi connectivity index (χ0n) is 14.9. The molecule has 3 N–H and O–H groups in total. The van der Waals surface area contributed by atoms with Gasteiger partial charge in [0, 0.05) is 0 Å². The van der Waals surface area contributed by atoms with Crippen molar-refractivity contribution in [3.8, 4) is 0 Å². The van der Waals surface area contributed by atoms with Crippen molar-refractivity contribution in [3.05, 3.63) is 59.4 Å². The average Bonchev–Trinajstić information content (AvgIpc) is 3.33. The Kier molecular flexibility index (Phi) is 5.35. The number of H-pyrrole nitrogens is 1. The van der Waals surface area contributed by atoms with E-state index in [9.17, 15) is 22.4 Å². The van der Waals surface area contributed by atoms with Gasteiger partial charge in [-0.25, -0.2) is 9.37 Å². The monoisotopic (exact) mass is 394 g/mol. The van der Waals surface area contributed by atoms with Crippen LogP contribution in [0.3, 0.4) is 0 Å². The molecule has 148 valence electrons. The summed E-state index contributed by atoms with van der Waals surface area (Å²) in [5.41, 5.74) is 1.56. The summed E-state index contributed by atoms with van der Waals surface area (Å²) in [4.78, 5) is 18.7. The lowest BCUT2D eigenvalue weighted by Crippen LogP contribution is -2.47. The van der Waals surface area contributed by atoms with E-state index >= 15 is 0 Å². The number of carbonyl (C=O) groups is 1. The lowest BCUT2D eigenvalue weighted by Gasteiger charge is -2.20. The first-order valence-corrected chi connectivity index (χ1v) is 8.61. The summed E-state index contributed by atoms with van der Waals surface area (Å²) >= 11 is 0. The Hall–Kier alpha value is -2.97. The summed E-state index contributed by atoms with van der Waals surface area (Å²) in [6, 6.07) is 3.52. The molecule has 1 aliphatic carbocycles. The fourth-order valence-corrected chi connectivity index (χ4v) is 2.75. The molecule has 0 bridgehead atoms. The van der Waals surface area contributed by atoms with Crippen LogP contribution in [0.5, 0.6) is 0 Å². The molecular weight excluding hydrogens is 376 g/mol. The molecule has 1 amide bonds. The van der Waals surface area contributed by atoms with Gasteiger partial charge >= 0.3 is 6.18 Å². The van der Waals surface area contributed by atoms with Crippen LogP contribution in [0.2, 0.25) is 0 Å². The average molecular weight is 394 g/mol. The quantitative estimate of drug-likeness (QED) is 0.510. The SMILES string of the molecule is C/C(=C/C(=N)c1ccc(F)cc1)c1cnc(C(=O)NC(C2CC2)C(F)(F)F)[nH]1. The van der Waals surface area contributed by atoms with Gasteiger partial charge in [-0.1, -0.05) is 0 Å². The number of nitrogens with one attached hydrogen (secondary N) is 3. The number of halogens is 4. The third kappa shape index (κ3) is 4.65. The van der Waals surface area contributed by atoms with Crippen LogP contribution in [0.4, 0.5) is 17.6 Å². The molecule has 0 saturated heterocycles. The van der Waals surface area contributed by atoms with E-state index in [1.165, 1.54) is 36.5 Å². The molecule has 1 heterocycles. The normalized spacial score (nSPS) is 16.0. The smallest absolute Gasteiger partial charge is 0.337 e. The molecule has 1 unspecified atom stereocenters. The molecule has 3 rings (SSSR count). The number of hydrogen-bond donors (Lipinski definition) is 3. The number of aromatic amines is 1. The first-order valence-electron chi connectivity index (χ1n) is 8.61. The molecule has 2 aromatic rings. The summed E-state index contributed by atoms with van der Waals surface area (Å²) in [5.74, 6) is -2.16. The van der Waals surface area contributed by atoms with Crippen molar-refractivity contribution >= 4 is 17.2 Å². The van der Waals surface area contributed by atoms with E-state index in [0.29, 0.717) is 29.7 Å². The van der Waals surface area contributed by atoms with Crippen LogP contribution in [0.15, 0.2) is 36.5 Å². The number of aromatic nitrogens is 2. The van der Waals surface area contributed by atoms with Crippen LogP contribution >= 0.6 is 0 Å². The van der Waals surface area contributed by atoms with Gasteiger partial charge in [0.1, 0.15) is 11.9 Å². The molecule has 1 aromatic carbocycles. The van der Waals surface area contributed by atoms with Crippen LogP contribution in [-0.4, -0.2) is 33.8 Å². The first-order chi connectivity index (χ1) is 13.1. The Bertz CT molecular complexity index is 911. The van der Waals surface area contributed by atoms with Crippen LogP contribution in [0, 0.1) is 17.1 Å². The number of allylic oxidation sites excluding steroid dienone is 2. The van der Waals surface area contributed by atoms with E-state index in [-0.39, 0.29) is 11.5 Å².